The number of nitrogens with one attached hydrogen (secondary N) is 1. The Morgan fingerprint density at radius 3 is 2.53 bits per heavy atom. The zero-order valence-corrected chi connectivity index (χ0v) is 13.3. The minimum absolute atomic E-state index is 0.203. The van der Waals surface area contributed by atoms with Gasteiger partial charge in [-0.3, -0.25) is 0 Å². The Labute approximate surface area is 119 Å². The molecule has 19 heavy (non-hydrogen) atoms. The van der Waals surface area contributed by atoms with Crippen LogP contribution in [0.2, 0.25) is 0 Å². The van der Waals surface area contributed by atoms with Gasteiger partial charge in [0.05, 0.1) is 6.04 Å². The van der Waals surface area contributed by atoms with Gasteiger partial charge >= 0.3 is 0 Å². The lowest BCUT2D eigenvalue weighted by molar-refractivity contribution is 0.470. The van der Waals surface area contributed by atoms with Crippen LogP contribution in [-0.2, 0) is 17.8 Å². The normalized spacial score (nSPS) is 15.3. The maximum atomic E-state index is 12.0. The minimum Gasteiger partial charge on any atom is -0.598 e. The summed E-state index contributed by atoms with van der Waals surface area (Å²) >= 11 is -1.02. The van der Waals surface area contributed by atoms with Crippen LogP contribution in [0.1, 0.15) is 45.2 Å². The van der Waals surface area contributed by atoms with Crippen molar-refractivity contribution >= 4 is 11.4 Å². The highest BCUT2D eigenvalue weighted by atomic mass is 32.2. The fraction of sp³-hybridized carbons (Fsp3) is 0.600. The van der Waals surface area contributed by atoms with E-state index in [0.29, 0.717) is 5.75 Å². The molecular weight excluding hydrogens is 258 g/mol. The van der Waals surface area contributed by atoms with Crippen molar-refractivity contribution in [3.05, 3.63) is 29.3 Å². The van der Waals surface area contributed by atoms with Crippen molar-refractivity contribution in [2.75, 3.05) is 0 Å². The molecule has 108 valence electrons. The van der Waals surface area contributed by atoms with Crippen molar-refractivity contribution in [2.24, 2.45) is 0 Å². The third-order valence-corrected chi connectivity index (χ3v) is 4.72. The Hall–Kier alpha value is -0.710. The monoisotopic (exact) mass is 283 g/mol. The summed E-state index contributed by atoms with van der Waals surface area (Å²) in [6, 6.07) is 5.88. The lowest BCUT2D eigenvalue weighted by Crippen LogP contribution is -2.43. The average molecular weight is 283 g/mol. The van der Waals surface area contributed by atoms with E-state index in [1.54, 1.807) is 6.07 Å². The Morgan fingerprint density at radius 1 is 1.37 bits per heavy atom. The molecule has 0 saturated heterocycles. The first-order chi connectivity index (χ1) is 8.70. The maximum Gasteiger partial charge on any atom is 0.136 e. The van der Waals surface area contributed by atoms with Crippen molar-refractivity contribution in [1.29, 1.82) is 0 Å². The van der Waals surface area contributed by atoms with Crippen molar-refractivity contribution in [1.82, 2.24) is 4.72 Å². The number of benzene rings is 1. The van der Waals surface area contributed by atoms with Gasteiger partial charge in [0.2, 0.25) is 0 Å². The summed E-state index contributed by atoms with van der Waals surface area (Å²) in [6.07, 6.45) is 1.84. The van der Waals surface area contributed by atoms with Crippen LogP contribution in [0, 0.1) is 6.92 Å². The number of hydrogen-bond donors (Lipinski definition) is 2. The van der Waals surface area contributed by atoms with Crippen LogP contribution in [0.4, 0.5) is 0 Å². The summed E-state index contributed by atoms with van der Waals surface area (Å²) in [5, 5.41) is 9.48. The molecule has 0 aliphatic carbocycles. The molecule has 0 fully saturated rings. The van der Waals surface area contributed by atoms with Gasteiger partial charge in [-0.05, 0) is 64.7 Å². The van der Waals surface area contributed by atoms with E-state index in [0.717, 1.165) is 18.4 Å². The third-order valence-electron chi connectivity index (χ3n) is 2.99. The lowest BCUT2D eigenvalue weighted by Gasteiger charge is -2.26. The first kappa shape index (κ1) is 16.3. The van der Waals surface area contributed by atoms with Crippen LogP contribution in [-0.4, -0.2) is 20.4 Å². The van der Waals surface area contributed by atoms with Gasteiger partial charge in [-0.15, -0.1) is 4.72 Å². The quantitative estimate of drug-likeness (QED) is 0.817. The van der Waals surface area contributed by atoms with Crippen molar-refractivity contribution < 1.29 is 9.66 Å². The Bertz CT molecular complexity index is 415. The number of aryl methyl sites for hydroxylation is 2. The van der Waals surface area contributed by atoms with Crippen LogP contribution >= 0.6 is 0 Å². The molecule has 0 spiro atoms. The number of hydrogen-bond acceptors (Lipinski definition) is 3. The second-order valence-corrected chi connectivity index (χ2v) is 8.06. The van der Waals surface area contributed by atoms with E-state index in [-0.39, 0.29) is 10.8 Å². The Morgan fingerprint density at radius 2 is 2.00 bits per heavy atom. The SMILES string of the molecule is Cc1cc(CC[C@@H](C)N[S@+]([O-])C(C)(C)C)ccc1O. The van der Waals surface area contributed by atoms with Gasteiger partial charge in [-0.1, -0.05) is 12.1 Å². The van der Waals surface area contributed by atoms with Gasteiger partial charge in [-0.2, -0.15) is 0 Å². The summed E-state index contributed by atoms with van der Waals surface area (Å²) in [5.74, 6) is 0.337. The zero-order valence-electron chi connectivity index (χ0n) is 12.5. The molecule has 0 saturated carbocycles. The Kier molecular flexibility index (Phi) is 5.71. The van der Waals surface area contributed by atoms with E-state index in [1.165, 1.54) is 5.56 Å². The predicted molar refractivity (Wildman–Crippen MR) is 81.7 cm³/mol. The van der Waals surface area contributed by atoms with Crippen molar-refractivity contribution in [3.63, 3.8) is 0 Å². The highest BCUT2D eigenvalue weighted by Crippen LogP contribution is 2.19. The lowest BCUT2D eigenvalue weighted by atomic mass is 10.0. The zero-order chi connectivity index (χ0) is 14.6. The van der Waals surface area contributed by atoms with Crippen LogP contribution in [0.15, 0.2) is 18.2 Å². The second-order valence-electron chi connectivity index (χ2n) is 6.06. The smallest absolute Gasteiger partial charge is 0.136 e. The van der Waals surface area contributed by atoms with E-state index < -0.39 is 11.4 Å². The van der Waals surface area contributed by atoms with Crippen LogP contribution in [0.3, 0.4) is 0 Å². The molecule has 0 aliphatic rings. The van der Waals surface area contributed by atoms with Crippen LogP contribution in [0.5, 0.6) is 5.75 Å². The molecule has 3 nitrogen and oxygen atoms in total. The van der Waals surface area contributed by atoms with Crippen molar-refractivity contribution in [3.8, 4) is 5.75 Å². The molecule has 1 aromatic carbocycles. The highest BCUT2D eigenvalue weighted by Gasteiger charge is 2.27. The molecule has 1 rings (SSSR count). The van der Waals surface area contributed by atoms with E-state index in [4.69, 9.17) is 0 Å². The van der Waals surface area contributed by atoms with Gasteiger partial charge in [0.15, 0.2) is 0 Å². The van der Waals surface area contributed by atoms with Gasteiger partial charge < -0.3 is 9.66 Å². The summed E-state index contributed by atoms with van der Waals surface area (Å²) < 4.78 is 14.9. The van der Waals surface area contributed by atoms with E-state index in [1.807, 2.05) is 39.8 Å². The van der Waals surface area contributed by atoms with E-state index in [9.17, 15) is 9.66 Å². The van der Waals surface area contributed by atoms with E-state index >= 15 is 0 Å². The Balaban J connectivity index is 2.46. The van der Waals surface area contributed by atoms with E-state index in [2.05, 4.69) is 11.6 Å². The third kappa shape index (κ3) is 5.43. The fourth-order valence-electron chi connectivity index (χ4n) is 1.67. The largest absolute Gasteiger partial charge is 0.598 e. The van der Waals surface area contributed by atoms with Crippen LogP contribution in [0.25, 0.3) is 0 Å². The molecule has 0 aromatic heterocycles. The average Bonchev–Trinajstić information content (AvgIpc) is 2.29. The van der Waals surface area contributed by atoms with Gasteiger partial charge in [-0.25, -0.2) is 0 Å². The first-order valence-corrected chi connectivity index (χ1v) is 7.81. The number of aromatic hydroxyl groups is 1. The molecule has 0 unspecified atom stereocenters. The first-order valence-electron chi connectivity index (χ1n) is 6.66. The molecule has 0 radical (unpaired) electrons. The number of rotatable bonds is 5. The second kappa shape index (κ2) is 6.64. The molecule has 0 bridgehead atoms. The fourth-order valence-corrected chi connectivity index (χ4v) is 2.51. The van der Waals surface area contributed by atoms with Gasteiger partial charge in [0, 0.05) is 11.4 Å². The predicted octanol–water partition coefficient (Wildman–Crippen LogP) is 3.07. The molecule has 0 heterocycles. The minimum atomic E-state index is -1.02. The standard InChI is InChI=1S/C15H25NO2S/c1-11-10-13(8-9-14(11)17)7-6-12(2)16-19(18)15(3,4)5/h8-10,12,16-17H,6-7H2,1-5H3/t12-,19-/m1/s1. The molecular formula is C15H25NO2S. The van der Waals surface area contributed by atoms with Gasteiger partial charge in [0.25, 0.3) is 0 Å². The molecule has 0 aliphatic heterocycles. The number of phenols is 1. The number of phenolic OH excluding ortho intramolecular Hbond substituents is 1. The summed E-state index contributed by atoms with van der Waals surface area (Å²) in [4.78, 5) is 0. The molecule has 1 aromatic rings. The topological polar surface area (TPSA) is 55.3 Å². The van der Waals surface area contributed by atoms with Crippen molar-refractivity contribution in [2.45, 2.75) is 58.2 Å². The van der Waals surface area contributed by atoms with Gasteiger partial charge in [0.1, 0.15) is 10.5 Å². The molecule has 2 N–H and O–H groups in total. The summed E-state index contributed by atoms with van der Waals surface area (Å²) in [5.41, 5.74) is 2.10. The maximum absolute atomic E-state index is 12.0. The molecule has 0 amide bonds. The molecule has 4 heteroatoms. The summed E-state index contributed by atoms with van der Waals surface area (Å²) in [6.45, 7) is 9.84. The molecule has 2 atom stereocenters. The van der Waals surface area contributed by atoms with Crippen LogP contribution < -0.4 is 4.72 Å². The highest BCUT2D eigenvalue weighted by molar-refractivity contribution is 7.90. The summed E-state index contributed by atoms with van der Waals surface area (Å²) in [7, 11) is 0.